The molecule has 19 heavy (non-hydrogen) atoms. The van der Waals surface area contributed by atoms with E-state index in [9.17, 15) is 0 Å². The molecule has 2 aromatic rings. The first kappa shape index (κ1) is 12.8. The lowest BCUT2D eigenvalue weighted by Crippen LogP contribution is -1.89. The number of nitrogens with one attached hydrogen (secondary N) is 1. The molecular formula is C14H10N4S. The molecular weight excluding hydrogens is 256 g/mol. The van der Waals surface area contributed by atoms with Crippen LogP contribution in [0.4, 0.5) is 5.69 Å². The Kier molecular flexibility index (Phi) is 3.92. The number of allylic oxidation sites excluding steroid dienone is 1. The molecule has 1 aromatic heterocycles. The van der Waals surface area contributed by atoms with Crippen LogP contribution < -0.4 is 5.32 Å². The van der Waals surface area contributed by atoms with Gasteiger partial charge in [0.25, 0.3) is 0 Å². The molecule has 0 spiro atoms. The fraction of sp³-hybridized carbons (Fsp3) is 0.0714. The van der Waals surface area contributed by atoms with Crippen LogP contribution in [-0.4, -0.2) is 4.98 Å². The number of rotatable bonds is 3. The summed E-state index contributed by atoms with van der Waals surface area (Å²) in [4.78, 5) is 4.41. The van der Waals surface area contributed by atoms with Crippen molar-refractivity contribution in [1.82, 2.24) is 4.98 Å². The van der Waals surface area contributed by atoms with E-state index in [0.717, 1.165) is 22.0 Å². The minimum absolute atomic E-state index is 0.0409. The number of thiazole rings is 1. The minimum atomic E-state index is 0.0409. The lowest BCUT2D eigenvalue weighted by molar-refractivity contribution is 1.30. The van der Waals surface area contributed by atoms with Crippen molar-refractivity contribution < 1.29 is 0 Å². The van der Waals surface area contributed by atoms with Crippen LogP contribution >= 0.6 is 11.3 Å². The zero-order chi connectivity index (χ0) is 13.7. The van der Waals surface area contributed by atoms with Gasteiger partial charge < -0.3 is 5.32 Å². The summed E-state index contributed by atoms with van der Waals surface area (Å²) in [5.41, 5.74) is 2.86. The first-order valence-corrected chi connectivity index (χ1v) is 6.40. The molecule has 1 N–H and O–H groups in total. The Balaban J connectivity index is 2.14. The lowest BCUT2D eigenvalue weighted by Gasteiger charge is -2.02. The Bertz CT molecular complexity index is 667. The Morgan fingerprint density at radius 1 is 1.26 bits per heavy atom. The maximum atomic E-state index is 8.61. The fourth-order valence-corrected chi connectivity index (χ4v) is 2.10. The van der Waals surface area contributed by atoms with Gasteiger partial charge in [-0.25, -0.2) is 4.98 Å². The number of nitrogens with zero attached hydrogens (tertiary/aromatic N) is 3. The van der Waals surface area contributed by atoms with E-state index < -0.39 is 0 Å². The van der Waals surface area contributed by atoms with Crippen LogP contribution in [-0.2, 0) is 0 Å². The molecule has 0 radical (unpaired) electrons. The summed E-state index contributed by atoms with van der Waals surface area (Å²) < 4.78 is 0. The molecule has 5 heteroatoms. The Labute approximate surface area is 115 Å². The minimum Gasteiger partial charge on any atom is -0.360 e. The second kappa shape index (κ2) is 5.81. The highest BCUT2D eigenvalue weighted by atomic mass is 32.1. The normalized spacial score (nSPS) is 9.21. The summed E-state index contributed by atoms with van der Waals surface area (Å²) in [7, 11) is 0. The first-order valence-electron chi connectivity index (χ1n) is 5.52. The van der Waals surface area contributed by atoms with Crippen LogP contribution in [0.25, 0.3) is 11.3 Å². The molecule has 2 rings (SSSR count). The topological polar surface area (TPSA) is 72.5 Å². The van der Waals surface area contributed by atoms with Gasteiger partial charge in [0.2, 0.25) is 0 Å². The average molecular weight is 266 g/mol. The van der Waals surface area contributed by atoms with Crippen molar-refractivity contribution in [3.63, 3.8) is 0 Å². The van der Waals surface area contributed by atoms with Crippen molar-refractivity contribution in [2.24, 2.45) is 0 Å². The van der Waals surface area contributed by atoms with Gasteiger partial charge >= 0.3 is 0 Å². The second-order valence-corrected chi connectivity index (χ2v) is 4.82. The zero-order valence-electron chi connectivity index (χ0n) is 10.2. The molecule has 92 valence electrons. The molecule has 0 saturated heterocycles. The lowest BCUT2D eigenvalue weighted by atomic mass is 10.1. The van der Waals surface area contributed by atoms with E-state index >= 15 is 0 Å². The van der Waals surface area contributed by atoms with Gasteiger partial charge in [0.15, 0.2) is 0 Å². The molecule has 4 nitrogen and oxygen atoms in total. The summed E-state index contributed by atoms with van der Waals surface area (Å²) >= 11 is 1.62. The fourth-order valence-electron chi connectivity index (χ4n) is 1.48. The van der Waals surface area contributed by atoms with Gasteiger partial charge in [0.05, 0.1) is 10.7 Å². The van der Waals surface area contributed by atoms with Crippen LogP contribution in [0.5, 0.6) is 0 Å². The third kappa shape index (κ3) is 3.19. The standard InChI is InChI=1S/C14H10N4S/c1-10-18-14(9-19-10)12-2-4-13(5-3-12)17-8-11(6-15)7-16/h2-5,8-9,17H,1H3. The number of hydrogen-bond acceptors (Lipinski definition) is 5. The molecule has 0 aliphatic rings. The first-order chi connectivity index (χ1) is 9.22. The van der Waals surface area contributed by atoms with E-state index in [1.165, 1.54) is 6.20 Å². The van der Waals surface area contributed by atoms with Crippen molar-refractivity contribution in [3.8, 4) is 23.4 Å². The molecule has 0 bridgehead atoms. The van der Waals surface area contributed by atoms with Crippen LogP contribution in [0, 0.1) is 29.6 Å². The van der Waals surface area contributed by atoms with Gasteiger partial charge in [-0.2, -0.15) is 10.5 Å². The van der Waals surface area contributed by atoms with Crippen LogP contribution in [0.2, 0.25) is 0 Å². The molecule has 0 aliphatic carbocycles. The van der Waals surface area contributed by atoms with Gasteiger partial charge in [-0.1, -0.05) is 12.1 Å². The van der Waals surface area contributed by atoms with E-state index in [0.29, 0.717) is 0 Å². The second-order valence-electron chi connectivity index (χ2n) is 3.76. The largest absolute Gasteiger partial charge is 0.360 e. The molecule has 0 aliphatic heterocycles. The van der Waals surface area contributed by atoms with Gasteiger partial charge in [-0.3, -0.25) is 0 Å². The van der Waals surface area contributed by atoms with Crippen molar-refractivity contribution >= 4 is 17.0 Å². The quantitative estimate of drug-likeness (QED) is 0.863. The summed E-state index contributed by atoms with van der Waals surface area (Å²) in [5, 5.41) is 23.2. The third-order valence-electron chi connectivity index (χ3n) is 2.42. The zero-order valence-corrected chi connectivity index (χ0v) is 11.0. The highest BCUT2D eigenvalue weighted by molar-refractivity contribution is 7.09. The Hall–Kier alpha value is -2.63. The van der Waals surface area contributed by atoms with Crippen molar-refractivity contribution in [2.45, 2.75) is 6.92 Å². The van der Waals surface area contributed by atoms with E-state index in [1.807, 2.05) is 36.6 Å². The van der Waals surface area contributed by atoms with E-state index in [4.69, 9.17) is 10.5 Å². The van der Waals surface area contributed by atoms with E-state index in [2.05, 4.69) is 10.3 Å². The van der Waals surface area contributed by atoms with Crippen molar-refractivity contribution in [2.75, 3.05) is 5.32 Å². The molecule has 0 fully saturated rings. The van der Waals surface area contributed by atoms with Gasteiger partial charge in [0.1, 0.15) is 17.7 Å². The van der Waals surface area contributed by atoms with Gasteiger partial charge in [0, 0.05) is 22.8 Å². The molecule has 1 heterocycles. The van der Waals surface area contributed by atoms with Crippen LogP contribution in [0.3, 0.4) is 0 Å². The number of hydrogen-bond donors (Lipinski definition) is 1. The predicted molar refractivity (Wildman–Crippen MR) is 75.2 cm³/mol. The molecule has 0 atom stereocenters. The van der Waals surface area contributed by atoms with Crippen LogP contribution in [0.1, 0.15) is 5.01 Å². The summed E-state index contributed by atoms with van der Waals surface area (Å²) in [5.74, 6) is 0. The summed E-state index contributed by atoms with van der Waals surface area (Å²) in [6.45, 7) is 1.97. The smallest absolute Gasteiger partial charge is 0.145 e. The third-order valence-corrected chi connectivity index (χ3v) is 3.20. The highest BCUT2D eigenvalue weighted by Gasteiger charge is 2.01. The number of aromatic nitrogens is 1. The number of anilines is 1. The molecule has 1 aromatic carbocycles. The SMILES string of the molecule is Cc1nc(-c2ccc(NC=C(C#N)C#N)cc2)cs1. The van der Waals surface area contributed by atoms with Gasteiger partial charge in [-0.05, 0) is 19.1 Å². The molecule has 0 unspecified atom stereocenters. The Morgan fingerprint density at radius 3 is 2.47 bits per heavy atom. The molecule has 0 amide bonds. The maximum absolute atomic E-state index is 8.61. The van der Waals surface area contributed by atoms with Crippen LogP contribution in [0.15, 0.2) is 41.4 Å². The number of benzene rings is 1. The number of nitriles is 2. The highest BCUT2D eigenvalue weighted by Crippen LogP contribution is 2.23. The van der Waals surface area contributed by atoms with Crippen molar-refractivity contribution in [3.05, 3.63) is 46.4 Å². The Morgan fingerprint density at radius 2 is 1.95 bits per heavy atom. The van der Waals surface area contributed by atoms with Gasteiger partial charge in [-0.15, -0.1) is 11.3 Å². The van der Waals surface area contributed by atoms with Crippen molar-refractivity contribution in [1.29, 1.82) is 10.5 Å². The monoisotopic (exact) mass is 266 g/mol. The summed E-state index contributed by atoms with van der Waals surface area (Å²) in [6.07, 6.45) is 1.39. The van der Waals surface area contributed by atoms with E-state index in [-0.39, 0.29) is 5.57 Å². The maximum Gasteiger partial charge on any atom is 0.145 e. The predicted octanol–water partition coefficient (Wildman–Crippen LogP) is 3.46. The molecule has 0 saturated carbocycles. The average Bonchev–Trinajstić information content (AvgIpc) is 2.87. The summed E-state index contributed by atoms with van der Waals surface area (Å²) in [6, 6.07) is 11.2. The number of aryl methyl sites for hydroxylation is 1. The van der Waals surface area contributed by atoms with E-state index in [1.54, 1.807) is 23.5 Å².